The van der Waals surface area contributed by atoms with Gasteiger partial charge in [0.15, 0.2) is 4.80 Å². The summed E-state index contributed by atoms with van der Waals surface area (Å²) in [6, 6.07) is 10.9. The number of aryl methyl sites for hydroxylation is 1. The Morgan fingerprint density at radius 2 is 2.00 bits per heavy atom. The highest BCUT2D eigenvalue weighted by Crippen LogP contribution is 2.27. The number of halogens is 1. The van der Waals surface area contributed by atoms with Crippen molar-refractivity contribution < 1.29 is 14.3 Å². The number of aromatic nitrogens is 1. The van der Waals surface area contributed by atoms with Crippen molar-refractivity contribution in [2.75, 3.05) is 20.8 Å². The normalized spacial score (nSPS) is 11.9. The van der Waals surface area contributed by atoms with Crippen LogP contribution in [-0.4, -0.2) is 31.3 Å². The third-order valence-electron chi connectivity index (χ3n) is 4.08. The standard InChI is InChI=1S/C19H19ClN2O3S/c1-12-14(20)8-9-16-17(12)22(10-11-24-2)19(26-16)21-18(23)13-6-4-5-7-15(13)25-3/h4-9H,10-11H2,1-3H3. The number of carbonyl (C=O) groups is 1. The van der Waals surface area contributed by atoms with Crippen LogP contribution in [0, 0.1) is 6.92 Å². The van der Waals surface area contributed by atoms with Gasteiger partial charge in [0.05, 0.1) is 29.5 Å². The topological polar surface area (TPSA) is 52.8 Å². The second-order valence-corrected chi connectivity index (χ2v) is 7.08. The molecule has 1 heterocycles. The van der Waals surface area contributed by atoms with Gasteiger partial charge in [-0.2, -0.15) is 4.99 Å². The lowest BCUT2D eigenvalue weighted by atomic mass is 10.2. The molecule has 0 N–H and O–H groups in total. The third-order valence-corrected chi connectivity index (χ3v) is 5.54. The molecule has 0 bridgehead atoms. The maximum Gasteiger partial charge on any atom is 0.283 e. The molecule has 1 aromatic heterocycles. The van der Waals surface area contributed by atoms with E-state index in [2.05, 4.69) is 4.99 Å². The Bertz CT molecular complexity index is 1020. The number of para-hydroxylation sites is 1. The van der Waals surface area contributed by atoms with Crippen LogP contribution in [0.2, 0.25) is 5.02 Å². The van der Waals surface area contributed by atoms with Gasteiger partial charge in [-0.15, -0.1) is 0 Å². The Morgan fingerprint density at radius 3 is 2.73 bits per heavy atom. The van der Waals surface area contributed by atoms with Crippen molar-refractivity contribution in [1.82, 2.24) is 4.57 Å². The Kier molecular flexibility index (Phi) is 5.76. The molecule has 5 nitrogen and oxygen atoms in total. The van der Waals surface area contributed by atoms with Crippen LogP contribution >= 0.6 is 22.9 Å². The number of rotatable bonds is 5. The molecule has 0 aliphatic heterocycles. The number of methoxy groups -OCH3 is 2. The number of ether oxygens (including phenoxy) is 2. The fourth-order valence-electron chi connectivity index (χ4n) is 2.76. The second-order valence-electron chi connectivity index (χ2n) is 5.67. The molecule has 2 aromatic carbocycles. The third kappa shape index (κ3) is 3.53. The van der Waals surface area contributed by atoms with Crippen molar-refractivity contribution >= 4 is 39.1 Å². The SMILES string of the molecule is COCCn1c(=NC(=O)c2ccccc2OC)sc2ccc(Cl)c(C)c21. The fourth-order valence-corrected chi connectivity index (χ4v) is 4.03. The molecule has 0 atom stereocenters. The van der Waals surface area contributed by atoms with Gasteiger partial charge in [-0.05, 0) is 36.8 Å². The molecular formula is C19H19ClN2O3S. The van der Waals surface area contributed by atoms with Gasteiger partial charge in [-0.1, -0.05) is 35.1 Å². The summed E-state index contributed by atoms with van der Waals surface area (Å²) >= 11 is 7.74. The van der Waals surface area contributed by atoms with Gasteiger partial charge in [0.1, 0.15) is 5.75 Å². The smallest absolute Gasteiger partial charge is 0.283 e. The number of hydrogen-bond donors (Lipinski definition) is 0. The van der Waals surface area contributed by atoms with Crippen molar-refractivity contribution in [2.45, 2.75) is 13.5 Å². The molecule has 26 heavy (non-hydrogen) atoms. The summed E-state index contributed by atoms with van der Waals surface area (Å²) in [6.45, 7) is 3.05. The highest BCUT2D eigenvalue weighted by molar-refractivity contribution is 7.16. The van der Waals surface area contributed by atoms with Crippen LogP contribution in [-0.2, 0) is 11.3 Å². The van der Waals surface area contributed by atoms with Gasteiger partial charge in [-0.25, -0.2) is 0 Å². The molecule has 7 heteroatoms. The zero-order chi connectivity index (χ0) is 18.7. The van der Waals surface area contributed by atoms with Crippen LogP contribution in [0.4, 0.5) is 0 Å². The first kappa shape index (κ1) is 18.6. The summed E-state index contributed by atoms with van der Waals surface area (Å²) in [4.78, 5) is 17.7. The quantitative estimate of drug-likeness (QED) is 0.660. The highest BCUT2D eigenvalue weighted by Gasteiger charge is 2.14. The number of thiazole rings is 1. The Balaban J connectivity index is 2.18. The predicted octanol–water partition coefficient (Wildman–Crippen LogP) is 4.06. The Hall–Kier alpha value is -2.15. The molecule has 0 aliphatic carbocycles. The molecule has 0 unspecified atom stereocenters. The van der Waals surface area contributed by atoms with Crippen LogP contribution in [0.1, 0.15) is 15.9 Å². The first-order valence-corrected chi connectivity index (χ1v) is 9.25. The van der Waals surface area contributed by atoms with E-state index in [0.29, 0.717) is 34.3 Å². The van der Waals surface area contributed by atoms with Crippen molar-refractivity contribution in [3.8, 4) is 5.75 Å². The van der Waals surface area contributed by atoms with E-state index >= 15 is 0 Å². The van der Waals surface area contributed by atoms with E-state index in [1.165, 1.54) is 18.4 Å². The molecule has 3 rings (SSSR count). The highest BCUT2D eigenvalue weighted by atomic mass is 35.5. The van der Waals surface area contributed by atoms with Crippen LogP contribution in [0.5, 0.6) is 5.75 Å². The van der Waals surface area contributed by atoms with Gasteiger partial charge in [0.2, 0.25) is 0 Å². The molecule has 0 spiro atoms. The van der Waals surface area contributed by atoms with E-state index in [0.717, 1.165) is 15.8 Å². The first-order chi connectivity index (χ1) is 12.6. The molecule has 3 aromatic rings. The van der Waals surface area contributed by atoms with Gasteiger partial charge < -0.3 is 14.0 Å². The predicted molar refractivity (Wildman–Crippen MR) is 104 cm³/mol. The van der Waals surface area contributed by atoms with Crippen molar-refractivity contribution in [3.63, 3.8) is 0 Å². The summed E-state index contributed by atoms with van der Waals surface area (Å²) in [5, 5.41) is 0.684. The van der Waals surface area contributed by atoms with E-state index in [4.69, 9.17) is 21.1 Å². The lowest BCUT2D eigenvalue weighted by Gasteiger charge is -2.08. The largest absolute Gasteiger partial charge is 0.496 e. The molecule has 0 saturated carbocycles. The molecule has 0 aliphatic rings. The summed E-state index contributed by atoms with van der Waals surface area (Å²) < 4.78 is 13.5. The van der Waals surface area contributed by atoms with Gasteiger partial charge in [0, 0.05) is 18.7 Å². The Labute approximate surface area is 160 Å². The van der Waals surface area contributed by atoms with Crippen molar-refractivity contribution in [3.05, 3.63) is 57.3 Å². The Morgan fingerprint density at radius 1 is 1.23 bits per heavy atom. The van der Waals surface area contributed by atoms with Crippen LogP contribution in [0.25, 0.3) is 10.2 Å². The zero-order valence-corrected chi connectivity index (χ0v) is 16.4. The van der Waals surface area contributed by atoms with E-state index < -0.39 is 0 Å². The number of nitrogens with zero attached hydrogens (tertiary/aromatic N) is 2. The first-order valence-electron chi connectivity index (χ1n) is 8.06. The lowest BCUT2D eigenvalue weighted by Crippen LogP contribution is -2.20. The molecule has 136 valence electrons. The van der Waals surface area contributed by atoms with E-state index in [9.17, 15) is 4.79 Å². The molecular weight excluding hydrogens is 372 g/mol. The van der Waals surface area contributed by atoms with Crippen LogP contribution in [0.15, 0.2) is 41.4 Å². The molecule has 0 saturated heterocycles. The minimum atomic E-state index is -0.344. The monoisotopic (exact) mass is 390 g/mol. The maximum absolute atomic E-state index is 12.7. The number of fused-ring (bicyclic) bond motifs is 1. The minimum Gasteiger partial charge on any atom is -0.496 e. The molecule has 1 amide bonds. The van der Waals surface area contributed by atoms with Crippen molar-refractivity contribution in [1.29, 1.82) is 0 Å². The number of carbonyl (C=O) groups excluding carboxylic acids is 1. The summed E-state index contributed by atoms with van der Waals surface area (Å²) in [7, 11) is 3.18. The summed E-state index contributed by atoms with van der Waals surface area (Å²) in [6.07, 6.45) is 0. The van der Waals surface area contributed by atoms with E-state index in [1.807, 2.05) is 29.7 Å². The minimum absolute atomic E-state index is 0.344. The maximum atomic E-state index is 12.7. The van der Waals surface area contributed by atoms with Crippen LogP contribution < -0.4 is 9.54 Å². The van der Waals surface area contributed by atoms with E-state index in [-0.39, 0.29) is 5.91 Å². The van der Waals surface area contributed by atoms with Crippen molar-refractivity contribution in [2.24, 2.45) is 4.99 Å². The van der Waals surface area contributed by atoms with Gasteiger partial charge in [-0.3, -0.25) is 4.79 Å². The molecule has 0 radical (unpaired) electrons. The lowest BCUT2D eigenvalue weighted by molar-refractivity contribution is 0.0994. The number of amides is 1. The summed E-state index contributed by atoms with van der Waals surface area (Å²) in [5.74, 6) is 0.161. The zero-order valence-electron chi connectivity index (χ0n) is 14.8. The number of hydrogen-bond acceptors (Lipinski definition) is 4. The molecule has 0 fully saturated rings. The average Bonchev–Trinajstić information content (AvgIpc) is 3.00. The second kappa shape index (κ2) is 8.03. The van der Waals surface area contributed by atoms with Gasteiger partial charge >= 0.3 is 0 Å². The van der Waals surface area contributed by atoms with Gasteiger partial charge in [0.25, 0.3) is 5.91 Å². The van der Waals surface area contributed by atoms with E-state index in [1.54, 1.807) is 25.3 Å². The summed E-state index contributed by atoms with van der Waals surface area (Å²) in [5.41, 5.74) is 2.37. The number of benzene rings is 2. The average molecular weight is 391 g/mol. The fraction of sp³-hybridized carbons (Fsp3) is 0.263. The van der Waals surface area contributed by atoms with Crippen LogP contribution in [0.3, 0.4) is 0 Å².